The predicted octanol–water partition coefficient (Wildman–Crippen LogP) is 4.44. The Hall–Kier alpha value is -1.91. The van der Waals surface area contributed by atoms with Crippen molar-refractivity contribution in [1.29, 1.82) is 0 Å². The second-order valence-corrected chi connectivity index (χ2v) is 5.80. The third kappa shape index (κ3) is 5.05. The molecule has 0 saturated heterocycles. The van der Waals surface area contributed by atoms with Gasteiger partial charge in [0.05, 0.1) is 25.8 Å². The van der Waals surface area contributed by atoms with Gasteiger partial charge in [-0.15, -0.1) is 0 Å². The molecule has 2 rings (SSSR count). The van der Waals surface area contributed by atoms with Crippen molar-refractivity contribution in [3.8, 4) is 17.2 Å². The Bertz CT molecular complexity index is 661. The molecule has 0 spiro atoms. The Labute approximate surface area is 148 Å². The lowest BCUT2D eigenvalue weighted by molar-refractivity contribution is 0.317. The highest BCUT2D eigenvalue weighted by Crippen LogP contribution is 2.26. The zero-order chi connectivity index (χ0) is 17.4. The summed E-state index contributed by atoms with van der Waals surface area (Å²) in [5.74, 6) is 2.33. The molecule has 5 heteroatoms. The van der Waals surface area contributed by atoms with E-state index in [-0.39, 0.29) is 0 Å². The van der Waals surface area contributed by atoms with E-state index in [1.165, 1.54) is 0 Å². The molecule has 4 nitrogen and oxygen atoms in total. The van der Waals surface area contributed by atoms with Crippen LogP contribution in [0.1, 0.15) is 24.5 Å². The standard InChI is InChI=1S/C19H24ClNO3/c1-4-9-24-18-8-5-14(10-17(18)20)12-21-13-15-6-7-16(22-2)11-19(15)23-3/h5-8,10-11,21H,4,9,12-13H2,1-3H3. The monoisotopic (exact) mass is 349 g/mol. The van der Waals surface area contributed by atoms with E-state index in [4.69, 9.17) is 25.8 Å². The van der Waals surface area contributed by atoms with Crippen LogP contribution in [0, 0.1) is 0 Å². The number of benzene rings is 2. The summed E-state index contributed by atoms with van der Waals surface area (Å²) in [6.07, 6.45) is 0.962. The van der Waals surface area contributed by atoms with E-state index in [1.54, 1.807) is 14.2 Å². The van der Waals surface area contributed by atoms with Gasteiger partial charge in [0.25, 0.3) is 0 Å². The summed E-state index contributed by atoms with van der Waals surface area (Å²) in [7, 11) is 3.30. The van der Waals surface area contributed by atoms with Crippen LogP contribution in [0.5, 0.6) is 17.2 Å². The summed E-state index contributed by atoms with van der Waals surface area (Å²) < 4.78 is 16.2. The van der Waals surface area contributed by atoms with Gasteiger partial charge in [-0.3, -0.25) is 0 Å². The van der Waals surface area contributed by atoms with Gasteiger partial charge in [0.2, 0.25) is 0 Å². The Kier molecular flexibility index (Phi) is 7.22. The Morgan fingerprint density at radius 2 is 1.79 bits per heavy atom. The van der Waals surface area contributed by atoms with Crippen molar-refractivity contribution >= 4 is 11.6 Å². The number of rotatable bonds is 9. The number of hydrogen-bond acceptors (Lipinski definition) is 4. The van der Waals surface area contributed by atoms with Crippen LogP contribution in [0.2, 0.25) is 5.02 Å². The molecule has 0 saturated carbocycles. The number of halogens is 1. The Morgan fingerprint density at radius 1 is 0.958 bits per heavy atom. The Balaban J connectivity index is 1.93. The molecule has 0 fully saturated rings. The van der Waals surface area contributed by atoms with Crippen LogP contribution in [0.4, 0.5) is 0 Å². The van der Waals surface area contributed by atoms with E-state index in [0.29, 0.717) is 24.7 Å². The van der Waals surface area contributed by atoms with Gasteiger partial charge in [-0.05, 0) is 30.2 Å². The number of methoxy groups -OCH3 is 2. The maximum atomic E-state index is 6.26. The molecule has 0 aliphatic rings. The van der Waals surface area contributed by atoms with Crippen LogP contribution < -0.4 is 19.5 Å². The first kappa shape index (κ1) is 18.4. The van der Waals surface area contributed by atoms with Crippen LogP contribution in [-0.2, 0) is 13.1 Å². The fourth-order valence-corrected chi connectivity index (χ4v) is 2.58. The summed E-state index contributed by atoms with van der Waals surface area (Å²) >= 11 is 6.26. The fraction of sp³-hybridized carbons (Fsp3) is 0.368. The lowest BCUT2D eigenvalue weighted by Gasteiger charge is -2.12. The normalized spacial score (nSPS) is 10.5. The van der Waals surface area contributed by atoms with Gasteiger partial charge >= 0.3 is 0 Å². The smallest absolute Gasteiger partial charge is 0.137 e. The van der Waals surface area contributed by atoms with E-state index < -0.39 is 0 Å². The lowest BCUT2D eigenvalue weighted by Crippen LogP contribution is -2.13. The molecule has 1 N–H and O–H groups in total. The average Bonchev–Trinajstić information content (AvgIpc) is 2.61. The second kappa shape index (κ2) is 9.40. The van der Waals surface area contributed by atoms with E-state index in [0.717, 1.165) is 34.8 Å². The topological polar surface area (TPSA) is 39.7 Å². The zero-order valence-electron chi connectivity index (χ0n) is 14.4. The molecule has 24 heavy (non-hydrogen) atoms. The number of hydrogen-bond donors (Lipinski definition) is 1. The quantitative estimate of drug-likeness (QED) is 0.726. The number of nitrogens with one attached hydrogen (secondary N) is 1. The average molecular weight is 350 g/mol. The Morgan fingerprint density at radius 3 is 2.46 bits per heavy atom. The highest BCUT2D eigenvalue weighted by molar-refractivity contribution is 6.32. The maximum Gasteiger partial charge on any atom is 0.137 e. The van der Waals surface area contributed by atoms with Crippen LogP contribution in [0.15, 0.2) is 36.4 Å². The van der Waals surface area contributed by atoms with Crippen LogP contribution in [-0.4, -0.2) is 20.8 Å². The lowest BCUT2D eigenvalue weighted by atomic mass is 10.1. The molecule has 2 aromatic carbocycles. The molecular weight excluding hydrogens is 326 g/mol. The largest absolute Gasteiger partial charge is 0.497 e. The third-order valence-corrected chi connectivity index (χ3v) is 3.89. The van der Waals surface area contributed by atoms with Gasteiger partial charge in [0.1, 0.15) is 17.2 Å². The van der Waals surface area contributed by atoms with E-state index in [9.17, 15) is 0 Å². The summed E-state index contributed by atoms with van der Waals surface area (Å²) in [4.78, 5) is 0. The molecule has 2 aromatic rings. The summed E-state index contributed by atoms with van der Waals surface area (Å²) in [6, 6.07) is 11.7. The minimum absolute atomic E-state index is 0.643. The van der Waals surface area contributed by atoms with Crippen LogP contribution >= 0.6 is 11.6 Å². The van der Waals surface area contributed by atoms with Crippen molar-refractivity contribution in [2.45, 2.75) is 26.4 Å². The van der Waals surface area contributed by atoms with Gasteiger partial charge in [0.15, 0.2) is 0 Å². The first-order valence-electron chi connectivity index (χ1n) is 8.00. The van der Waals surface area contributed by atoms with Crippen molar-refractivity contribution in [3.63, 3.8) is 0 Å². The number of ether oxygens (including phenoxy) is 3. The van der Waals surface area contributed by atoms with Crippen LogP contribution in [0.25, 0.3) is 0 Å². The molecule has 0 heterocycles. The van der Waals surface area contributed by atoms with Gasteiger partial charge in [-0.25, -0.2) is 0 Å². The fourth-order valence-electron chi connectivity index (χ4n) is 2.32. The van der Waals surface area contributed by atoms with E-state index in [1.807, 2.05) is 36.4 Å². The first-order chi connectivity index (χ1) is 11.7. The molecular formula is C19H24ClNO3. The van der Waals surface area contributed by atoms with Crippen molar-refractivity contribution in [3.05, 3.63) is 52.5 Å². The SMILES string of the molecule is CCCOc1ccc(CNCc2ccc(OC)cc2OC)cc1Cl. The van der Waals surface area contributed by atoms with E-state index in [2.05, 4.69) is 12.2 Å². The van der Waals surface area contributed by atoms with Gasteiger partial charge in [-0.1, -0.05) is 30.7 Å². The molecule has 0 radical (unpaired) electrons. The van der Waals surface area contributed by atoms with Crippen molar-refractivity contribution in [2.75, 3.05) is 20.8 Å². The molecule has 0 aliphatic heterocycles. The third-order valence-electron chi connectivity index (χ3n) is 3.60. The highest BCUT2D eigenvalue weighted by Gasteiger charge is 2.06. The second-order valence-electron chi connectivity index (χ2n) is 5.39. The van der Waals surface area contributed by atoms with Gasteiger partial charge < -0.3 is 19.5 Å². The minimum atomic E-state index is 0.643. The van der Waals surface area contributed by atoms with Gasteiger partial charge in [-0.2, -0.15) is 0 Å². The molecule has 130 valence electrons. The van der Waals surface area contributed by atoms with E-state index >= 15 is 0 Å². The van der Waals surface area contributed by atoms with Crippen molar-refractivity contribution in [2.24, 2.45) is 0 Å². The molecule has 0 bridgehead atoms. The van der Waals surface area contributed by atoms with Gasteiger partial charge in [0, 0.05) is 24.7 Å². The molecule has 0 aromatic heterocycles. The first-order valence-corrected chi connectivity index (χ1v) is 8.38. The molecule has 0 amide bonds. The molecule has 0 aliphatic carbocycles. The summed E-state index contributed by atoms with van der Waals surface area (Å²) in [6.45, 7) is 4.15. The molecule has 0 unspecified atom stereocenters. The van der Waals surface area contributed by atoms with Crippen molar-refractivity contribution < 1.29 is 14.2 Å². The summed E-state index contributed by atoms with van der Waals surface area (Å²) in [5.41, 5.74) is 2.18. The zero-order valence-corrected chi connectivity index (χ0v) is 15.2. The van der Waals surface area contributed by atoms with Crippen LogP contribution in [0.3, 0.4) is 0 Å². The minimum Gasteiger partial charge on any atom is -0.497 e. The molecule has 0 atom stereocenters. The predicted molar refractivity (Wildman–Crippen MR) is 97.3 cm³/mol. The highest BCUT2D eigenvalue weighted by atomic mass is 35.5. The van der Waals surface area contributed by atoms with Crippen molar-refractivity contribution in [1.82, 2.24) is 5.32 Å². The maximum absolute atomic E-state index is 6.26. The summed E-state index contributed by atoms with van der Waals surface area (Å²) in [5, 5.41) is 4.04.